The number of amides is 4. The van der Waals surface area contributed by atoms with Crippen LogP contribution in [0.4, 0.5) is 20.1 Å². The highest BCUT2D eigenvalue weighted by atomic mass is 16.6. The van der Waals surface area contributed by atoms with E-state index >= 15 is 0 Å². The summed E-state index contributed by atoms with van der Waals surface area (Å²) in [5.41, 5.74) is -0.532. The van der Waals surface area contributed by atoms with Gasteiger partial charge in [-0.25, -0.2) is 24.1 Å². The van der Waals surface area contributed by atoms with Crippen molar-refractivity contribution in [3.05, 3.63) is 51.2 Å². The Balaban J connectivity index is 2.94. The topological polar surface area (TPSA) is 146 Å². The van der Waals surface area contributed by atoms with E-state index in [1.54, 1.807) is 13.8 Å². The Labute approximate surface area is 189 Å². The summed E-state index contributed by atoms with van der Waals surface area (Å²) in [6, 6.07) is 2.54. The van der Waals surface area contributed by atoms with Gasteiger partial charge in [-0.15, -0.1) is 0 Å². The predicted molar refractivity (Wildman–Crippen MR) is 113 cm³/mol. The number of rotatable bonds is 6. The molecule has 1 heterocycles. The Bertz CT molecular complexity index is 1000. The third-order valence-corrected chi connectivity index (χ3v) is 4.71. The number of non-ortho nitro benzene ring substituents is 1. The van der Waals surface area contributed by atoms with Crippen LogP contribution in [0.2, 0.25) is 0 Å². The molecule has 2 rings (SSSR count). The lowest BCUT2D eigenvalue weighted by Crippen LogP contribution is -2.56. The molecule has 0 aliphatic carbocycles. The van der Waals surface area contributed by atoms with Crippen LogP contribution in [0.1, 0.15) is 39.3 Å². The van der Waals surface area contributed by atoms with E-state index in [1.807, 2.05) is 0 Å². The highest BCUT2D eigenvalue weighted by molar-refractivity contribution is 6.06. The second-order valence-electron chi connectivity index (χ2n) is 7.09. The first-order valence-electron chi connectivity index (χ1n) is 10.1. The van der Waals surface area contributed by atoms with Gasteiger partial charge >= 0.3 is 24.2 Å². The second-order valence-corrected chi connectivity index (χ2v) is 7.09. The molecular weight excluding hydrogens is 438 g/mol. The van der Waals surface area contributed by atoms with Gasteiger partial charge in [-0.1, -0.05) is 26.0 Å². The lowest BCUT2D eigenvalue weighted by molar-refractivity contribution is -0.384. The molecule has 0 saturated heterocycles. The first-order chi connectivity index (χ1) is 15.6. The van der Waals surface area contributed by atoms with Gasteiger partial charge in [-0.3, -0.25) is 10.1 Å². The fraction of sp³-hybridized carbons (Fsp3) is 0.429. The van der Waals surface area contributed by atoms with Crippen LogP contribution in [0.3, 0.4) is 0 Å². The predicted octanol–water partition coefficient (Wildman–Crippen LogP) is 3.77. The number of carbonyl (C=O) groups excluding carboxylic acids is 4. The van der Waals surface area contributed by atoms with Crippen molar-refractivity contribution in [2.75, 3.05) is 20.3 Å². The average Bonchev–Trinajstić information content (AvgIpc) is 2.77. The minimum atomic E-state index is -1.45. The van der Waals surface area contributed by atoms with Crippen molar-refractivity contribution in [1.29, 1.82) is 0 Å². The van der Waals surface area contributed by atoms with Gasteiger partial charge < -0.3 is 14.2 Å². The minimum absolute atomic E-state index is 0.0534. The summed E-state index contributed by atoms with van der Waals surface area (Å²) >= 11 is 0. The number of urea groups is 1. The van der Waals surface area contributed by atoms with Gasteiger partial charge in [0.1, 0.15) is 6.04 Å². The van der Waals surface area contributed by atoms with Crippen LogP contribution < -0.4 is 0 Å². The molecule has 0 fully saturated rings. The normalized spacial score (nSPS) is 16.1. The Morgan fingerprint density at radius 1 is 1.12 bits per heavy atom. The molecule has 33 heavy (non-hydrogen) atoms. The number of allylic oxidation sites excluding steroid dienone is 1. The van der Waals surface area contributed by atoms with Gasteiger partial charge in [0.15, 0.2) is 0 Å². The molecule has 12 nitrogen and oxygen atoms in total. The number of nitrogens with zero attached hydrogens (tertiary/aromatic N) is 3. The van der Waals surface area contributed by atoms with Gasteiger partial charge in [-0.05, 0) is 25.3 Å². The maximum absolute atomic E-state index is 13.5. The first kappa shape index (κ1) is 25.3. The number of imide groups is 2. The van der Waals surface area contributed by atoms with Crippen LogP contribution in [-0.2, 0) is 19.0 Å². The largest absolute Gasteiger partial charge is 0.466 e. The molecule has 1 aliphatic rings. The van der Waals surface area contributed by atoms with Crippen molar-refractivity contribution in [2.45, 2.75) is 33.7 Å². The molecule has 0 aromatic heterocycles. The summed E-state index contributed by atoms with van der Waals surface area (Å²) in [6.45, 7) is 6.10. The second kappa shape index (κ2) is 10.6. The summed E-state index contributed by atoms with van der Waals surface area (Å²) in [6.07, 6.45) is -2.25. The summed E-state index contributed by atoms with van der Waals surface area (Å²) in [5, 5.41) is 11.3. The summed E-state index contributed by atoms with van der Waals surface area (Å²) < 4.78 is 14.9. The number of ether oxygens (including phenoxy) is 3. The van der Waals surface area contributed by atoms with Crippen LogP contribution in [0.5, 0.6) is 0 Å². The molecule has 1 unspecified atom stereocenters. The van der Waals surface area contributed by atoms with Crippen molar-refractivity contribution in [1.82, 2.24) is 9.80 Å². The Hall–Kier alpha value is -3.96. The highest BCUT2D eigenvalue weighted by Gasteiger charge is 2.50. The number of hydrogen-bond acceptors (Lipinski definition) is 9. The zero-order valence-electron chi connectivity index (χ0n) is 18.9. The lowest BCUT2D eigenvalue weighted by Gasteiger charge is -2.41. The van der Waals surface area contributed by atoms with Crippen molar-refractivity contribution in [3.63, 3.8) is 0 Å². The van der Waals surface area contributed by atoms with Crippen LogP contribution >= 0.6 is 0 Å². The fourth-order valence-corrected chi connectivity index (χ4v) is 3.47. The third kappa shape index (κ3) is 4.94. The van der Waals surface area contributed by atoms with Crippen molar-refractivity contribution >= 4 is 29.9 Å². The molecule has 0 saturated carbocycles. The Morgan fingerprint density at radius 3 is 2.24 bits per heavy atom. The average molecular weight is 463 g/mol. The van der Waals surface area contributed by atoms with Crippen LogP contribution in [0.15, 0.2) is 35.5 Å². The monoisotopic (exact) mass is 463 g/mol. The van der Waals surface area contributed by atoms with E-state index in [9.17, 15) is 29.3 Å². The van der Waals surface area contributed by atoms with Crippen molar-refractivity contribution < 1.29 is 38.3 Å². The standard InChI is InChI=1S/C21H25N3O9/c1-6-32-20(27)22-16(12(3)4)15(18(25)31-5)17(23(19(22)26)21(28)33-7-2)13-9-8-10-14(11-13)24(29)30/h8-12,17H,6-7H2,1-5H3. The number of carbonyl (C=O) groups is 4. The van der Waals surface area contributed by atoms with E-state index in [-0.39, 0.29) is 35.7 Å². The van der Waals surface area contributed by atoms with E-state index < -0.39 is 41.1 Å². The first-order valence-corrected chi connectivity index (χ1v) is 10.1. The SMILES string of the molecule is CCOC(=O)N1C(=O)N(C(=O)OCC)C(c2cccc([N+](=O)[O-])c2)C(C(=O)OC)=C1C(C)C. The van der Waals surface area contributed by atoms with E-state index in [1.165, 1.54) is 32.0 Å². The summed E-state index contributed by atoms with van der Waals surface area (Å²) in [7, 11) is 1.09. The third-order valence-electron chi connectivity index (χ3n) is 4.71. The number of nitro groups is 1. The zero-order chi connectivity index (χ0) is 24.9. The van der Waals surface area contributed by atoms with Crippen LogP contribution in [-0.4, -0.2) is 59.2 Å². The van der Waals surface area contributed by atoms with E-state index in [0.29, 0.717) is 9.80 Å². The molecule has 1 aliphatic heterocycles. The molecular formula is C21H25N3O9. The van der Waals surface area contributed by atoms with Gasteiger partial charge in [0.25, 0.3) is 5.69 Å². The molecule has 1 atom stereocenters. The molecule has 1 aromatic rings. The van der Waals surface area contributed by atoms with Gasteiger partial charge in [0.2, 0.25) is 0 Å². The number of hydrogen-bond donors (Lipinski definition) is 0. The van der Waals surface area contributed by atoms with Crippen molar-refractivity contribution in [2.24, 2.45) is 5.92 Å². The van der Waals surface area contributed by atoms with E-state index in [0.717, 1.165) is 13.2 Å². The molecule has 0 radical (unpaired) electrons. The Kier molecular flexibility index (Phi) is 8.10. The summed E-state index contributed by atoms with van der Waals surface area (Å²) in [5.74, 6) is -1.52. The Morgan fingerprint density at radius 2 is 1.73 bits per heavy atom. The molecule has 4 amide bonds. The minimum Gasteiger partial charge on any atom is -0.466 e. The van der Waals surface area contributed by atoms with Gasteiger partial charge in [0.05, 0.1) is 30.8 Å². The molecule has 0 N–H and O–H groups in total. The smallest absolute Gasteiger partial charge is 0.422 e. The zero-order valence-corrected chi connectivity index (χ0v) is 18.9. The van der Waals surface area contributed by atoms with Crippen molar-refractivity contribution in [3.8, 4) is 0 Å². The number of nitro benzene ring substituents is 1. The summed E-state index contributed by atoms with van der Waals surface area (Å²) in [4.78, 5) is 63.8. The molecule has 178 valence electrons. The number of methoxy groups -OCH3 is 1. The molecule has 12 heteroatoms. The fourth-order valence-electron chi connectivity index (χ4n) is 3.47. The van der Waals surface area contributed by atoms with Crippen LogP contribution in [0.25, 0.3) is 0 Å². The number of benzene rings is 1. The van der Waals surface area contributed by atoms with Gasteiger partial charge in [0, 0.05) is 17.8 Å². The van der Waals surface area contributed by atoms with E-state index in [4.69, 9.17) is 14.2 Å². The van der Waals surface area contributed by atoms with Crippen LogP contribution in [0, 0.1) is 16.0 Å². The van der Waals surface area contributed by atoms with Gasteiger partial charge in [-0.2, -0.15) is 4.90 Å². The molecule has 0 spiro atoms. The maximum Gasteiger partial charge on any atom is 0.422 e. The highest BCUT2D eigenvalue weighted by Crippen LogP contribution is 2.41. The number of esters is 1. The molecule has 1 aromatic carbocycles. The maximum atomic E-state index is 13.5. The molecule has 0 bridgehead atoms. The lowest BCUT2D eigenvalue weighted by atomic mass is 9.89. The van der Waals surface area contributed by atoms with E-state index in [2.05, 4.69) is 0 Å². The quantitative estimate of drug-likeness (QED) is 0.266.